The number of fused-ring (bicyclic) bond motifs is 1. The van der Waals surface area contributed by atoms with Gasteiger partial charge in [0.15, 0.2) is 11.5 Å². The molecule has 2 aromatic rings. The smallest absolute Gasteiger partial charge is 0.161 e. The lowest BCUT2D eigenvalue weighted by Crippen LogP contribution is -2.44. The summed E-state index contributed by atoms with van der Waals surface area (Å²) in [6.45, 7) is 5.41. The number of nitrogens with zero attached hydrogens (tertiary/aromatic N) is 3. The number of aliphatic hydroxyl groups is 1. The Morgan fingerprint density at radius 2 is 2.17 bits per heavy atom. The van der Waals surface area contributed by atoms with Crippen molar-refractivity contribution >= 4 is 0 Å². The molecule has 0 amide bonds. The van der Waals surface area contributed by atoms with E-state index in [2.05, 4.69) is 16.9 Å². The highest BCUT2D eigenvalue weighted by Crippen LogP contribution is 2.31. The predicted molar refractivity (Wildman–Crippen MR) is 91.3 cm³/mol. The van der Waals surface area contributed by atoms with Crippen molar-refractivity contribution in [3.63, 3.8) is 0 Å². The predicted octanol–water partition coefficient (Wildman–Crippen LogP) is 1.80. The number of aromatic nitrogens is 2. The Labute approximate surface area is 142 Å². The summed E-state index contributed by atoms with van der Waals surface area (Å²) in [7, 11) is 0. The maximum Gasteiger partial charge on any atom is 0.161 e. The monoisotopic (exact) mass is 331 g/mol. The quantitative estimate of drug-likeness (QED) is 0.799. The molecule has 0 unspecified atom stereocenters. The molecule has 2 heterocycles. The van der Waals surface area contributed by atoms with Crippen molar-refractivity contribution in [2.45, 2.75) is 32.1 Å². The van der Waals surface area contributed by atoms with Crippen LogP contribution in [0, 0.1) is 0 Å². The fourth-order valence-electron chi connectivity index (χ4n) is 2.99. The van der Waals surface area contributed by atoms with E-state index in [1.807, 2.05) is 36.5 Å². The molecule has 0 saturated heterocycles. The molecule has 1 N–H and O–H groups in total. The summed E-state index contributed by atoms with van der Waals surface area (Å²) in [6.07, 6.45) is 4.12. The van der Waals surface area contributed by atoms with Gasteiger partial charge in [0.05, 0.1) is 12.6 Å². The number of benzene rings is 1. The number of aliphatic hydroxyl groups excluding tert-OH is 1. The molecule has 2 atom stereocenters. The first-order valence-corrected chi connectivity index (χ1v) is 8.51. The van der Waals surface area contributed by atoms with Crippen molar-refractivity contribution in [1.29, 1.82) is 0 Å². The molecular formula is C18H25N3O3. The van der Waals surface area contributed by atoms with Crippen LogP contribution < -0.4 is 9.47 Å². The summed E-state index contributed by atoms with van der Waals surface area (Å²) in [5.41, 5.74) is 0. The lowest BCUT2D eigenvalue weighted by Gasteiger charge is -2.32. The summed E-state index contributed by atoms with van der Waals surface area (Å²) in [5, 5.41) is 14.5. The first kappa shape index (κ1) is 16.8. The molecule has 0 bridgehead atoms. The normalized spacial score (nSPS) is 17.9. The van der Waals surface area contributed by atoms with Crippen molar-refractivity contribution in [2.75, 3.05) is 26.2 Å². The number of ether oxygens (including phenoxy) is 2. The average Bonchev–Trinajstić information content (AvgIpc) is 3.07. The van der Waals surface area contributed by atoms with Gasteiger partial charge < -0.3 is 14.6 Å². The van der Waals surface area contributed by atoms with Crippen LogP contribution in [0.3, 0.4) is 0 Å². The van der Waals surface area contributed by atoms with Gasteiger partial charge in [-0.2, -0.15) is 5.10 Å². The van der Waals surface area contributed by atoms with Crippen LogP contribution in [-0.4, -0.2) is 58.2 Å². The van der Waals surface area contributed by atoms with Gasteiger partial charge in [0.2, 0.25) is 0 Å². The summed E-state index contributed by atoms with van der Waals surface area (Å²) < 4.78 is 13.6. The van der Waals surface area contributed by atoms with Crippen molar-refractivity contribution in [3.8, 4) is 11.5 Å². The first-order valence-electron chi connectivity index (χ1n) is 8.51. The molecule has 6 heteroatoms. The van der Waals surface area contributed by atoms with Crippen LogP contribution in [0.25, 0.3) is 0 Å². The van der Waals surface area contributed by atoms with Crippen LogP contribution in [0.5, 0.6) is 11.5 Å². The van der Waals surface area contributed by atoms with E-state index >= 15 is 0 Å². The zero-order valence-electron chi connectivity index (χ0n) is 14.0. The fraction of sp³-hybridized carbons (Fsp3) is 0.500. The zero-order valence-corrected chi connectivity index (χ0v) is 14.0. The van der Waals surface area contributed by atoms with E-state index in [0.717, 1.165) is 31.0 Å². The van der Waals surface area contributed by atoms with E-state index in [1.165, 1.54) is 0 Å². The molecular weight excluding hydrogens is 306 g/mol. The molecule has 1 aromatic heterocycles. The SMILES string of the molecule is CCCN(C[C@H](O)Cn1cccn1)C[C@H]1COc2ccccc2O1. The third kappa shape index (κ3) is 4.49. The molecule has 0 saturated carbocycles. The van der Waals surface area contributed by atoms with E-state index in [-0.39, 0.29) is 6.10 Å². The van der Waals surface area contributed by atoms with Gasteiger partial charge in [-0.05, 0) is 31.2 Å². The Bertz CT molecular complexity index is 618. The van der Waals surface area contributed by atoms with Crippen LogP contribution in [0.2, 0.25) is 0 Å². The number of hydrogen-bond donors (Lipinski definition) is 1. The number of hydrogen-bond acceptors (Lipinski definition) is 5. The molecule has 6 nitrogen and oxygen atoms in total. The summed E-state index contributed by atoms with van der Waals surface area (Å²) >= 11 is 0. The van der Waals surface area contributed by atoms with E-state index in [0.29, 0.717) is 19.7 Å². The van der Waals surface area contributed by atoms with E-state index in [4.69, 9.17) is 9.47 Å². The van der Waals surface area contributed by atoms with Gasteiger partial charge in [-0.25, -0.2) is 0 Å². The van der Waals surface area contributed by atoms with Gasteiger partial charge in [-0.3, -0.25) is 9.58 Å². The van der Waals surface area contributed by atoms with Gasteiger partial charge in [-0.15, -0.1) is 0 Å². The summed E-state index contributed by atoms with van der Waals surface area (Å²) in [6, 6.07) is 9.60. The van der Waals surface area contributed by atoms with Crippen LogP contribution in [-0.2, 0) is 6.54 Å². The second kappa shape index (κ2) is 8.17. The van der Waals surface area contributed by atoms with Crippen LogP contribution in [0.4, 0.5) is 0 Å². The minimum Gasteiger partial charge on any atom is -0.486 e. The van der Waals surface area contributed by atoms with Gasteiger partial charge in [0, 0.05) is 25.5 Å². The molecule has 0 aliphatic carbocycles. The molecule has 0 radical (unpaired) electrons. The molecule has 130 valence electrons. The third-order valence-corrected chi connectivity index (χ3v) is 4.00. The van der Waals surface area contributed by atoms with Gasteiger partial charge in [0.25, 0.3) is 0 Å². The highest BCUT2D eigenvalue weighted by atomic mass is 16.6. The lowest BCUT2D eigenvalue weighted by atomic mass is 10.2. The topological polar surface area (TPSA) is 59.8 Å². The highest BCUT2D eigenvalue weighted by molar-refractivity contribution is 5.40. The Morgan fingerprint density at radius 3 is 2.92 bits per heavy atom. The first-order chi connectivity index (χ1) is 11.7. The van der Waals surface area contributed by atoms with Crippen molar-refractivity contribution < 1.29 is 14.6 Å². The average molecular weight is 331 g/mol. The standard InChI is InChI=1S/C18H25N3O3/c1-2-9-20(11-15(22)12-21-10-5-8-19-21)13-16-14-23-17-6-3-4-7-18(17)24-16/h3-8,10,15-16,22H,2,9,11-14H2,1H3/t15-,16-/m0/s1. The van der Waals surface area contributed by atoms with E-state index < -0.39 is 6.10 Å². The van der Waals surface area contributed by atoms with Crippen LogP contribution in [0.15, 0.2) is 42.7 Å². The second-order valence-electron chi connectivity index (χ2n) is 6.14. The zero-order chi connectivity index (χ0) is 16.8. The Kier molecular flexibility index (Phi) is 5.72. The summed E-state index contributed by atoms with van der Waals surface area (Å²) in [4.78, 5) is 2.23. The van der Waals surface area contributed by atoms with Gasteiger partial charge >= 0.3 is 0 Å². The molecule has 1 aliphatic rings. The second-order valence-corrected chi connectivity index (χ2v) is 6.14. The largest absolute Gasteiger partial charge is 0.486 e. The van der Waals surface area contributed by atoms with Crippen molar-refractivity contribution in [1.82, 2.24) is 14.7 Å². The third-order valence-electron chi connectivity index (χ3n) is 4.00. The number of para-hydroxylation sites is 2. The molecule has 1 aliphatic heterocycles. The van der Waals surface area contributed by atoms with Crippen molar-refractivity contribution in [3.05, 3.63) is 42.7 Å². The molecule has 0 fully saturated rings. The minimum absolute atomic E-state index is 0.0247. The maximum atomic E-state index is 10.3. The highest BCUT2D eigenvalue weighted by Gasteiger charge is 2.24. The minimum atomic E-state index is -0.465. The maximum absolute atomic E-state index is 10.3. The van der Waals surface area contributed by atoms with Gasteiger partial charge in [-0.1, -0.05) is 19.1 Å². The fourth-order valence-corrected chi connectivity index (χ4v) is 2.99. The van der Waals surface area contributed by atoms with Crippen molar-refractivity contribution in [2.24, 2.45) is 0 Å². The molecule has 1 aromatic carbocycles. The van der Waals surface area contributed by atoms with Crippen LogP contribution in [0.1, 0.15) is 13.3 Å². The summed E-state index contributed by atoms with van der Waals surface area (Å²) in [5.74, 6) is 1.59. The Balaban J connectivity index is 1.54. The Morgan fingerprint density at radius 1 is 1.33 bits per heavy atom. The number of rotatable bonds is 8. The van der Waals surface area contributed by atoms with Crippen LogP contribution >= 0.6 is 0 Å². The van der Waals surface area contributed by atoms with E-state index in [9.17, 15) is 5.11 Å². The Hall–Kier alpha value is -2.05. The molecule has 24 heavy (non-hydrogen) atoms. The van der Waals surface area contributed by atoms with Gasteiger partial charge in [0.1, 0.15) is 12.7 Å². The molecule has 0 spiro atoms. The molecule has 3 rings (SSSR count). The van der Waals surface area contributed by atoms with E-state index in [1.54, 1.807) is 10.9 Å². The lowest BCUT2D eigenvalue weighted by molar-refractivity contribution is 0.0359.